The topological polar surface area (TPSA) is 114 Å². The van der Waals surface area contributed by atoms with E-state index in [1.165, 1.54) is 18.2 Å². The Kier molecular flexibility index (Phi) is 6.21. The molecular formula is C15H20N4O5. The molecule has 2 amide bonds. The molecule has 0 aliphatic carbocycles. The van der Waals surface area contributed by atoms with Crippen molar-refractivity contribution in [3.05, 3.63) is 33.9 Å². The van der Waals surface area contributed by atoms with Crippen molar-refractivity contribution in [3.63, 3.8) is 0 Å². The minimum Gasteiger partial charge on any atom is -0.379 e. The number of rotatable bonds is 5. The molecule has 130 valence electrons. The number of morpholine rings is 1. The van der Waals surface area contributed by atoms with E-state index in [1.807, 2.05) is 0 Å². The summed E-state index contributed by atoms with van der Waals surface area (Å²) in [6.45, 7) is 5.61. The summed E-state index contributed by atoms with van der Waals surface area (Å²) in [5, 5.41) is 15.7. The van der Waals surface area contributed by atoms with E-state index in [0.717, 1.165) is 13.1 Å². The molecule has 0 saturated carbocycles. The van der Waals surface area contributed by atoms with Crippen LogP contribution in [0.25, 0.3) is 0 Å². The maximum atomic E-state index is 11.9. The number of ether oxygens (including phenoxy) is 1. The highest BCUT2D eigenvalue weighted by molar-refractivity contribution is 6.39. The van der Waals surface area contributed by atoms with Crippen LogP contribution in [0.15, 0.2) is 18.2 Å². The summed E-state index contributed by atoms with van der Waals surface area (Å²) in [4.78, 5) is 36.0. The van der Waals surface area contributed by atoms with E-state index >= 15 is 0 Å². The predicted octanol–water partition coefficient (Wildman–Crippen LogP) is 0.290. The Morgan fingerprint density at radius 3 is 2.62 bits per heavy atom. The molecule has 1 aliphatic rings. The van der Waals surface area contributed by atoms with Gasteiger partial charge in [-0.25, -0.2) is 0 Å². The third-order valence-electron chi connectivity index (χ3n) is 3.69. The minimum atomic E-state index is -0.797. The lowest BCUT2D eigenvalue weighted by atomic mass is 10.2. The second kappa shape index (κ2) is 8.37. The predicted molar refractivity (Wildman–Crippen MR) is 86.7 cm³/mol. The van der Waals surface area contributed by atoms with E-state index in [4.69, 9.17) is 4.74 Å². The monoisotopic (exact) mass is 336 g/mol. The number of carbonyl (C=O) groups excluding carboxylic acids is 2. The van der Waals surface area contributed by atoms with E-state index in [9.17, 15) is 19.7 Å². The van der Waals surface area contributed by atoms with E-state index in [0.29, 0.717) is 37.6 Å². The number of nitrogens with one attached hydrogen (secondary N) is 2. The lowest BCUT2D eigenvalue weighted by molar-refractivity contribution is -0.384. The summed E-state index contributed by atoms with van der Waals surface area (Å²) in [6, 6.07) is 4.03. The zero-order valence-electron chi connectivity index (χ0n) is 13.4. The standard InChI is InChI=1S/C15H20N4O5/c1-11-10-12(19(22)23)2-3-13(11)17-15(21)14(20)16-4-5-18-6-8-24-9-7-18/h2-3,10H,4-9H2,1H3,(H,16,20)(H,17,21). The molecule has 1 aromatic rings. The van der Waals surface area contributed by atoms with Crippen molar-refractivity contribution in [2.24, 2.45) is 0 Å². The van der Waals surface area contributed by atoms with E-state index in [2.05, 4.69) is 15.5 Å². The van der Waals surface area contributed by atoms with Gasteiger partial charge in [-0.1, -0.05) is 0 Å². The fourth-order valence-corrected chi connectivity index (χ4v) is 2.31. The molecule has 1 fully saturated rings. The summed E-state index contributed by atoms with van der Waals surface area (Å²) in [5.74, 6) is -1.53. The number of aryl methyl sites for hydroxylation is 1. The largest absolute Gasteiger partial charge is 0.379 e. The Morgan fingerprint density at radius 2 is 2.00 bits per heavy atom. The first-order valence-corrected chi connectivity index (χ1v) is 7.61. The summed E-state index contributed by atoms with van der Waals surface area (Å²) in [6.07, 6.45) is 0. The fraction of sp³-hybridized carbons (Fsp3) is 0.467. The number of amides is 2. The Labute approximate surface area is 139 Å². The van der Waals surface area contributed by atoms with Gasteiger partial charge >= 0.3 is 11.8 Å². The average molecular weight is 336 g/mol. The fourth-order valence-electron chi connectivity index (χ4n) is 2.31. The molecule has 1 aliphatic heterocycles. The van der Waals surface area contributed by atoms with Crippen LogP contribution in [0, 0.1) is 17.0 Å². The van der Waals surface area contributed by atoms with Gasteiger partial charge in [0.05, 0.1) is 18.1 Å². The highest BCUT2D eigenvalue weighted by Crippen LogP contribution is 2.20. The molecule has 0 aromatic heterocycles. The van der Waals surface area contributed by atoms with Crippen molar-refractivity contribution in [3.8, 4) is 0 Å². The molecule has 9 heteroatoms. The van der Waals surface area contributed by atoms with Crippen LogP contribution in [0.5, 0.6) is 0 Å². The molecule has 0 atom stereocenters. The summed E-state index contributed by atoms with van der Waals surface area (Å²) in [5.41, 5.74) is 0.813. The van der Waals surface area contributed by atoms with Gasteiger partial charge in [0.2, 0.25) is 0 Å². The van der Waals surface area contributed by atoms with Gasteiger partial charge in [-0.05, 0) is 18.6 Å². The van der Waals surface area contributed by atoms with Gasteiger partial charge in [-0.15, -0.1) is 0 Å². The van der Waals surface area contributed by atoms with Gasteiger partial charge in [0, 0.05) is 44.0 Å². The zero-order chi connectivity index (χ0) is 17.5. The molecule has 0 unspecified atom stereocenters. The van der Waals surface area contributed by atoms with Crippen LogP contribution in [-0.2, 0) is 14.3 Å². The van der Waals surface area contributed by atoms with Gasteiger partial charge in [0.25, 0.3) is 5.69 Å². The molecule has 24 heavy (non-hydrogen) atoms. The average Bonchev–Trinajstić information content (AvgIpc) is 2.57. The number of hydrogen-bond acceptors (Lipinski definition) is 6. The summed E-state index contributed by atoms with van der Waals surface area (Å²) < 4.78 is 5.23. The molecule has 2 N–H and O–H groups in total. The Balaban J connectivity index is 1.80. The van der Waals surface area contributed by atoms with Crippen LogP contribution in [0.4, 0.5) is 11.4 Å². The van der Waals surface area contributed by atoms with Crippen molar-refractivity contribution in [2.75, 3.05) is 44.7 Å². The lowest BCUT2D eigenvalue weighted by Gasteiger charge is -2.26. The van der Waals surface area contributed by atoms with Crippen molar-refractivity contribution in [2.45, 2.75) is 6.92 Å². The first-order chi connectivity index (χ1) is 11.5. The normalized spacial score (nSPS) is 14.9. The van der Waals surface area contributed by atoms with Crippen LogP contribution in [0.2, 0.25) is 0 Å². The maximum Gasteiger partial charge on any atom is 0.313 e. The van der Waals surface area contributed by atoms with Crippen LogP contribution < -0.4 is 10.6 Å². The number of anilines is 1. The van der Waals surface area contributed by atoms with Gasteiger partial charge in [0.1, 0.15) is 0 Å². The van der Waals surface area contributed by atoms with Gasteiger partial charge in [-0.2, -0.15) is 0 Å². The third kappa shape index (κ3) is 5.00. The molecule has 1 saturated heterocycles. The lowest BCUT2D eigenvalue weighted by Crippen LogP contribution is -2.43. The van der Waals surface area contributed by atoms with Gasteiger partial charge < -0.3 is 15.4 Å². The minimum absolute atomic E-state index is 0.0690. The SMILES string of the molecule is Cc1cc([N+](=O)[O-])ccc1NC(=O)C(=O)NCCN1CCOCC1. The quantitative estimate of drug-likeness (QED) is 0.454. The van der Waals surface area contributed by atoms with Crippen LogP contribution >= 0.6 is 0 Å². The van der Waals surface area contributed by atoms with Crippen LogP contribution in [0.3, 0.4) is 0 Å². The van der Waals surface area contributed by atoms with Crippen LogP contribution in [-0.4, -0.2) is 61.0 Å². The number of hydrogen-bond donors (Lipinski definition) is 2. The highest BCUT2D eigenvalue weighted by Gasteiger charge is 2.16. The highest BCUT2D eigenvalue weighted by atomic mass is 16.6. The number of non-ortho nitro benzene ring substituents is 1. The number of nitro benzene ring substituents is 1. The molecular weight excluding hydrogens is 316 g/mol. The first-order valence-electron chi connectivity index (χ1n) is 7.61. The second-order valence-corrected chi connectivity index (χ2v) is 5.42. The first kappa shape index (κ1) is 17.8. The van der Waals surface area contributed by atoms with Crippen molar-refractivity contribution in [1.82, 2.24) is 10.2 Å². The molecule has 1 aromatic carbocycles. The number of carbonyl (C=O) groups is 2. The molecule has 1 heterocycles. The molecule has 0 bridgehead atoms. The third-order valence-corrected chi connectivity index (χ3v) is 3.69. The van der Waals surface area contributed by atoms with Gasteiger partial charge in [0.15, 0.2) is 0 Å². The van der Waals surface area contributed by atoms with Crippen molar-refractivity contribution >= 4 is 23.2 Å². The number of benzene rings is 1. The zero-order valence-corrected chi connectivity index (χ0v) is 13.4. The Hall–Kier alpha value is -2.52. The van der Waals surface area contributed by atoms with Gasteiger partial charge in [-0.3, -0.25) is 24.6 Å². The summed E-state index contributed by atoms with van der Waals surface area (Å²) in [7, 11) is 0. The Bertz CT molecular complexity index is 628. The van der Waals surface area contributed by atoms with Crippen molar-refractivity contribution in [1.29, 1.82) is 0 Å². The number of nitrogens with zero attached hydrogens (tertiary/aromatic N) is 2. The van der Waals surface area contributed by atoms with E-state index in [1.54, 1.807) is 6.92 Å². The second-order valence-electron chi connectivity index (χ2n) is 5.42. The van der Waals surface area contributed by atoms with Crippen molar-refractivity contribution < 1.29 is 19.2 Å². The summed E-state index contributed by atoms with van der Waals surface area (Å²) >= 11 is 0. The molecule has 9 nitrogen and oxygen atoms in total. The Morgan fingerprint density at radius 1 is 1.29 bits per heavy atom. The molecule has 2 rings (SSSR count). The maximum absolute atomic E-state index is 11.9. The smallest absolute Gasteiger partial charge is 0.313 e. The van der Waals surface area contributed by atoms with E-state index < -0.39 is 16.7 Å². The molecule has 0 spiro atoms. The molecule has 0 radical (unpaired) electrons. The number of nitro groups is 1. The van der Waals surface area contributed by atoms with Crippen LogP contribution in [0.1, 0.15) is 5.56 Å². The van der Waals surface area contributed by atoms with E-state index in [-0.39, 0.29) is 5.69 Å².